The number of aromatic nitrogens is 1. The Morgan fingerprint density at radius 1 is 1.67 bits per heavy atom. The van der Waals surface area contributed by atoms with Crippen molar-refractivity contribution in [2.24, 2.45) is 5.92 Å². The smallest absolute Gasteiger partial charge is 0.303 e. The molecule has 1 aliphatic heterocycles. The SMILES string of the molecule is N#Cc1cccnc1N1CCC(CCC(=O)O)C1. The van der Waals surface area contributed by atoms with E-state index in [2.05, 4.69) is 16.0 Å². The first kappa shape index (κ1) is 12.4. The van der Waals surface area contributed by atoms with E-state index in [9.17, 15) is 4.79 Å². The minimum absolute atomic E-state index is 0.214. The molecule has 0 aliphatic carbocycles. The lowest BCUT2D eigenvalue weighted by atomic mass is 10.0. The summed E-state index contributed by atoms with van der Waals surface area (Å²) in [6.07, 6.45) is 3.56. The molecule has 1 aromatic heterocycles. The van der Waals surface area contributed by atoms with Crippen LogP contribution in [0.5, 0.6) is 0 Å². The van der Waals surface area contributed by atoms with Crippen LogP contribution in [0.15, 0.2) is 18.3 Å². The first-order valence-electron chi connectivity index (χ1n) is 6.02. The molecule has 0 spiro atoms. The van der Waals surface area contributed by atoms with E-state index in [0.717, 1.165) is 25.3 Å². The molecule has 1 fully saturated rings. The van der Waals surface area contributed by atoms with Gasteiger partial charge in [-0.2, -0.15) is 5.26 Å². The van der Waals surface area contributed by atoms with Gasteiger partial charge in [0.15, 0.2) is 0 Å². The van der Waals surface area contributed by atoms with Gasteiger partial charge in [0.2, 0.25) is 0 Å². The van der Waals surface area contributed by atoms with Gasteiger partial charge in [0, 0.05) is 25.7 Å². The van der Waals surface area contributed by atoms with Crippen LogP contribution < -0.4 is 4.90 Å². The molecule has 1 aliphatic rings. The molecule has 1 aromatic rings. The Morgan fingerprint density at radius 2 is 2.50 bits per heavy atom. The molecular weight excluding hydrogens is 230 g/mol. The van der Waals surface area contributed by atoms with Crippen molar-refractivity contribution < 1.29 is 9.90 Å². The third-order valence-electron chi connectivity index (χ3n) is 3.26. The van der Waals surface area contributed by atoms with E-state index in [1.165, 1.54) is 0 Å². The first-order chi connectivity index (χ1) is 8.70. The van der Waals surface area contributed by atoms with Crippen LogP contribution in [0.1, 0.15) is 24.8 Å². The summed E-state index contributed by atoms with van der Waals surface area (Å²) in [4.78, 5) is 16.9. The van der Waals surface area contributed by atoms with Crippen LogP contribution in [0, 0.1) is 17.2 Å². The molecule has 0 aromatic carbocycles. The van der Waals surface area contributed by atoms with Crippen molar-refractivity contribution in [1.82, 2.24) is 4.98 Å². The Kier molecular flexibility index (Phi) is 3.78. The maximum absolute atomic E-state index is 10.5. The van der Waals surface area contributed by atoms with Crippen molar-refractivity contribution in [2.45, 2.75) is 19.3 Å². The Balaban J connectivity index is 2.00. The molecule has 1 N–H and O–H groups in total. The Hall–Kier alpha value is -2.09. The van der Waals surface area contributed by atoms with E-state index in [1.54, 1.807) is 18.3 Å². The maximum Gasteiger partial charge on any atom is 0.303 e. The summed E-state index contributed by atoms with van der Waals surface area (Å²) in [5, 5.41) is 17.7. The third kappa shape index (κ3) is 2.77. The number of hydrogen-bond donors (Lipinski definition) is 1. The number of carboxylic acid groups (broad SMARTS) is 1. The zero-order chi connectivity index (χ0) is 13.0. The molecule has 0 saturated carbocycles. The normalized spacial score (nSPS) is 18.6. The van der Waals surface area contributed by atoms with E-state index in [0.29, 0.717) is 17.9 Å². The summed E-state index contributed by atoms with van der Waals surface area (Å²) in [5.41, 5.74) is 0.580. The van der Waals surface area contributed by atoms with Gasteiger partial charge in [-0.25, -0.2) is 4.98 Å². The van der Waals surface area contributed by atoms with Gasteiger partial charge in [0.25, 0.3) is 0 Å². The highest BCUT2D eigenvalue weighted by atomic mass is 16.4. The minimum atomic E-state index is -0.746. The van der Waals surface area contributed by atoms with Crippen LogP contribution in [-0.2, 0) is 4.79 Å². The Morgan fingerprint density at radius 3 is 3.22 bits per heavy atom. The Bertz CT molecular complexity index is 481. The summed E-state index contributed by atoms with van der Waals surface area (Å²) in [6, 6.07) is 5.65. The second kappa shape index (κ2) is 5.50. The first-order valence-corrected chi connectivity index (χ1v) is 6.02. The number of hydrogen-bond acceptors (Lipinski definition) is 4. The maximum atomic E-state index is 10.5. The summed E-state index contributed by atoms with van der Waals surface area (Å²) in [7, 11) is 0. The Labute approximate surface area is 106 Å². The molecule has 5 nitrogen and oxygen atoms in total. The van der Waals surface area contributed by atoms with Crippen molar-refractivity contribution in [3.8, 4) is 6.07 Å². The van der Waals surface area contributed by atoms with E-state index in [4.69, 9.17) is 10.4 Å². The summed E-state index contributed by atoms with van der Waals surface area (Å²) in [6.45, 7) is 1.63. The summed E-state index contributed by atoms with van der Waals surface area (Å²) in [5.74, 6) is 0.358. The highest BCUT2D eigenvalue weighted by Gasteiger charge is 2.25. The van der Waals surface area contributed by atoms with Crippen molar-refractivity contribution in [1.29, 1.82) is 5.26 Å². The van der Waals surface area contributed by atoms with Gasteiger partial charge >= 0.3 is 5.97 Å². The molecule has 5 heteroatoms. The fraction of sp³-hybridized carbons (Fsp3) is 0.462. The number of anilines is 1. The molecule has 0 amide bonds. The molecule has 2 rings (SSSR count). The fourth-order valence-electron chi connectivity index (χ4n) is 2.32. The van der Waals surface area contributed by atoms with Crippen LogP contribution in [0.4, 0.5) is 5.82 Å². The van der Waals surface area contributed by atoms with Gasteiger partial charge in [0.1, 0.15) is 11.9 Å². The average Bonchev–Trinajstić information content (AvgIpc) is 2.85. The molecule has 0 bridgehead atoms. The molecule has 18 heavy (non-hydrogen) atoms. The number of pyridine rings is 1. The molecule has 1 unspecified atom stereocenters. The lowest BCUT2D eigenvalue weighted by Gasteiger charge is -2.18. The van der Waals surface area contributed by atoms with Crippen molar-refractivity contribution >= 4 is 11.8 Å². The molecule has 0 radical (unpaired) electrons. The highest BCUT2D eigenvalue weighted by molar-refractivity contribution is 5.66. The highest BCUT2D eigenvalue weighted by Crippen LogP contribution is 2.26. The minimum Gasteiger partial charge on any atom is -0.481 e. The predicted octanol–water partition coefficient (Wildman–Crippen LogP) is 1.64. The summed E-state index contributed by atoms with van der Waals surface area (Å²) < 4.78 is 0. The topological polar surface area (TPSA) is 77.2 Å². The number of nitriles is 1. The van der Waals surface area contributed by atoms with Crippen molar-refractivity contribution in [2.75, 3.05) is 18.0 Å². The van der Waals surface area contributed by atoms with Crippen LogP contribution in [0.3, 0.4) is 0 Å². The zero-order valence-corrected chi connectivity index (χ0v) is 10.0. The number of carboxylic acids is 1. The predicted molar refractivity (Wildman–Crippen MR) is 66.1 cm³/mol. The monoisotopic (exact) mass is 245 g/mol. The van der Waals surface area contributed by atoms with Gasteiger partial charge in [-0.1, -0.05) is 0 Å². The van der Waals surface area contributed by atoms with Gasteiger partial charge in [-0.3, -0.25) is 4.79 Å². The second-order valence-electron chi connectivity index (χ2n) is 4.52. The number of carbonyl (C=O) groups is 1. The lowest BCUT2D eigenvalue weighted by Crippen LogP contribution is -2.22. The molecule has 94 valence electrons. The molecule has 1 saturated heterocycles. The van der Waals surface area contributed by atoms with Gasteiger partial charge in [-0.15, -0.1) is 0 Å². The number of rotatable bonds is 4. The zero-order valence-electron chi connectivity index (χ0n) is 10.0. The fourth-order valence-corrected chi connectivity index (χ4v) is 2.32. The standard InChI is InChI=1S/C13H15N3O2/c14-8-11-2-1-6-15-13(11)16-7-5-10(9-16)3-4-12(17)18/h1-2,6,10H,3-5,7,9H2,(H,17,18). The molecule has 1 atom stereocenters. The average molecular weight is 245 g/mol. The van der Waals surface area contributed by atoms with Gasteiger partial charge < -0.3 is 10.0 Å². The van der Waals surface area contributed by atoms with E-state index in [1.807, 2.05) is 0 Å². The van der Waals surface area contributed by atoms with Crippen molar-refractivity contribution in [3.05, 3.63) is 23.9 Å². The van der Waals surface area contributed by atoms with Crippen LogP contribution in [0.2, 0.25) is 0 Å². The van der Waals surface area contributed by atoms with Gasteiger partial charge in [-0.05, 0) is 30.9 Å². The van der Waals surface area contributed by atoms with E-state index in [-0.39, 0.29) is 6.42 Å². The molecular formula is C13H15N3O2. The van der Waals surface area contributed by atoms with Crippen LogP contribution >= 0.6 is 0 Å². The van der Waals surface area contributed by atoms with E-state index >= 15 is 0 Å². The van der Waals surface area contributed by atoms with Crippen molar-refractivity contribution in [3.63, 3.8) is 0 Å². The number of aliphatic carboxylic acids is 1. The van der Waals surface area contributed by atoms with Gasteiger partial charge in [0.05, 0.1) is 5.56 Å². The van der Waals surface area contributed by atoms with Crippen LogP contribution in [-0.4, -0.2) is 29.1 Å². The molecule has 2 heterocycles. The third-order valence-corrected chi connectivity index (χ3v) is 3.26. The van der Waals surface area contributed by atoms with E-state index < -0.39 is 5.97 Å². The quantitative estimate of drug-likeness (QED) is 0.872. The van der Waals surface area contributed by atoms with Crippen LogP contribution in [0.25, 0.3) is 0 Å². The lowest BCUT2D eigenvalue weighted by molar-refractivity contribution is -0.137. The largest absolute Gasteiger partial charge is 0.481 e. The second-order valence-corrected chi connectivity index (χ2v) is 4.52. The summed E-state index contributed by atoms with van der Waals surface area (Å²) >= 11 is 0. The number of nitrogens with zero attached hydrogens (tertiary/aromatic N) is 3.